The Kier molecular flexibility index (Phi) is 4.05. The van der Waals surface area contributed by atoms with Gasteiger partial charge in [-0.3, -0.25) is 14.1 Å². The van der Waals surface area contributed by atoms with E-state index < -0.39 is 15.5 Å². The van der Waals surface area contributed by atoms with E-state index in [-0.39, 0.29) is 36.6 Å². The standard InChI is InChI=1S/C15H22O6S/c16-13-11-5-10-6-12(13)9-15(7-10,8-11)14(17)21-3-1-2-4-22(18,19)20/h10-12H,1-9H2,(H,18,19,20). The van der Waals surface area contributed by atoms with E-state index in [0.717, 1.165) is 19.3 Å². The third kappa shape index (κ3) is 3.06. The van der Waals surface area contributed by atoms with Gasteiger partial charge in [0, 0.05) is 11.8 Å². The molecular weight excluding hydrogens is 308 g/mol. The number of esters is 1. The van der Waals surface area contributed by atoms with Crippen LogP contribution in [0.2, 0.25) is 0 Å². The van der Waals surface area contributed by atoms with Crippen LogP contribution in [-0.4, -0.2) is 37.1 Å². The number of unbranched alkanes of at least 4 members (excludes halogenated alkanes) is 1. The first kappa shape index (κ1) is 15.9. The Morgan fingerprint density at radius 3 is 2.41 bits per heavy atom. The fourth-order valence-corrected chi connectivity index (χ4v) is 5.27. The number of hydrogen-bond acceptors (Lipinski definition) is 5. The van der Waals surface area contributed by atoms with Crippen molar-refractivity contribution >= 4 is 21.9 Å². The minimum atomic E-state index is -3.95. The molecule has 4 fully saturated rings. The molecule has 22 heavy (non-hydrogen) atoms. The van der Waals surface area contributed by atoms with Gasteiger partial charge in [-0.25, -0.2) is 0 Å². The molecule has 0 aliphatic heterocycles. The SMILES string of the molecule is O=C1C2CC3CC1CC(C(=O)OCCCCS(=O)(=O)O)(C3)C2. The van der Waals surface area contributed by atoms with Crippen molar-refractivity contribution in [3.8, 4) is 0 Å². The molecule has 0 radical (unpaired) electrons. The van der Waals surface area contributed by atoms with Crippen molar-refractivity contribution in [3.05, 3.63) is 0 Å². The van der Waals surface area contributed by atoms with Crippen LogP contribution in [-0.2, 0) is 24.4 Å². The Morgan fingerprint density at radius 1 is 1.18 bits per heavy atom. The van der Waals surface area contributed by atoms with E-state index in [4.69, 9.17) is 9.29 Å². The monoisotopic (exact) mass is 330 g/mol. The molecule has 124 valence electrons. The van der Waals surface area contributed by atoms with E-state index in [1.54, 1.807) is 0 Å². The van der Waals surface area contributed by atoms with Crippen LogP contribution in [0.25, 0.3) is 0 Å². The van der Waals surface area contributed by atoms with Crippen molar-refractivity contribution in [2.24, 2.45) is 23.2 Å². The highest BCUT2D eigenvalue weighted by atomic mass is 32.2. The van der Waals surface area contributed by atoms with Gasteiger partial charge < -0.3 is 4.74 Å². The molecule has 2 unspecified atom stereocenters. The maximum Gasteiger partial charge on any atom is 0.312 e. The second kappa shape index (κ2) is 5.60. The van der Waals surface area contributed by atoms with Crippen molar-refractivity contribution in [1.82, 2.24) is 0 Å². The van der Waals surface area contributed by atoms with Gasteiger partial charge >= 0.3 is 5.97 Å². The number of hydrogen-bond donors (Lipinski definition) is 1. The van der Waals surface area contributed by atoms with Crippen LogP contribution in [0, 0.1) is 23.2 Å². The van der Waals surface area contributed by atoms with E-state index in [1.807, 2.05) is 0 Å². The summed E-state index contributed by atoms with van der Waals surface area (Å²) in [6.07, 6.45) is 4.63. The predicted octanol–water partition coefficient (Wildman–Crippen LogP) is 1.59. The summed E-state index contributed by atoms with van der Waals surface area (Å²) in [6, 6.07) is 0. The van der Waals surface area contributed by atoms with E-state index >= 15 is 0 Å². The molecule has 4 saturated carbocycles. The van der Waals surface area contributed by atoms with E-state index in [1.165, 1.54) is 0 Å². The maximum atomic E-state index is 12.5. The van der Waals surface area contributed by atoms with Crippen molar-refractivity contribution < 1.29 is 27.3 Å². The van der Waals surface area contributed by atoms with Crippen molar-refractivity contribution in [2.75, 3.05) is 12.4 Å². The average molecular weight is 330 g/mol. The number of carbonyl (C=O) groups excluding carboxylic acids is 2. The quantitative estimate of drug-likeness (QED) is 0.451. The molecule has 2 atom stereocenters. The third-order valence-electron chi connectivity index (χ3n) is 5.46. The number of ketones is 1. The zero-order valence-electron chi connectivity index (χ0n) is 12.5. The summed E-state index contributed by atoms with van der Waals surface area (Å²) >= 11 is 0. The van der Waals surface area contributed by atoms with Gasteiger partial charge in [0.25, 0.3) is 10.1 Å². The third-order valence-corrected chi connectivity index (χ3v) is 6.26. The van der Waals surface area contributed by atoms with Gasteiger partial charge in [0.15, 0.2) is 0 Å². The topological polar surface area (TPSA) is 97.7 Å². The van der Waals surface area contributed by atoms with Gasteiger partial charge in [-0.1, -0.05) is 0 Å². The summed E-state index contributed by atoms with van der Waals surface area (Å²) < 4.78 is 35.2. The first-order valence-electron chi connectivity index (χ1n) is 7.95. The van der Waals surface area contributed by atoms with Crippen LogP contribution in [0.1, 0.15) is 44.9 Å². The molecule has 0 aromatic carbocycles. The lowest BCUT2D eigenvalue weighted by molar-refractivity contribution is -0.174. The second-order valence-corrected chi connectivity index (χ2v) is 8.73. The molecule has 4 rings (SSSR count). The zero-order valence-corrected chi connectivity index (χ0v) is 13.3. The molecule has 4 aliphatic rings. The smallest absolute Gasteiger partial charge is 0.312 e. The van der Waals surface area contributed by atoms with Gasteiger partial charge in [0.1, 0.15) is 5.78 Å². The number of Topliss-reactive ketones (excluding diaryl/α,β-unsaturated/α-hetero) is 1. The molecule has 7 heteroatoms. The Labute approximate surface area is 130 Å². The van der Waals surface area contributed by atoms with Gasteiger partial charge in [-0.15, -0.1) is 0 Å². The highest BCUT2D eigenvalue weighted by molar-refractivity contribution is 7.85. The van der Waals surface area contributed by atoms with Crippen molar-refractivity contribution in [2.45, 2.75) is 44.9 Å². The molecule has 4 aliphatic carbocycles. The van der Waals surface area contributed by atoms with Crippen LogP contribution in [0.5, 0.6) is 0 Å². The Morgan fingerprint density at radius 2 is 1.82 bits per heavy atom. The first-order valence-corrected chi connectivity index (χ1v) is 9.56. The Bertz CT molecular complexity index is 563. The Hall–Kier alpha value is -0.950. The number of rotatable bonds is 6. The lowest BCUT2D eigenvalue weighted by Crippen LogP contribution is -2.54. The summed E-state index contributed by atoms with van der Waals surface area (Å²) in [5, 5.41) is 0. The van der Waals surface area contributed by atoms with Gasteiger partial charge in [0.05, 0.1) is 17.8 Å². The summed E-state index contributed by atoms with van der Waals surface area (Å²) in [5.41, 5.74) is -0.479. The summed E-state index contributed by atoms with van der Waals surface area (Å²) in [7, 11) is -3.95. The van der Waals surface area contributed by atoms with Crippen LogP contribution in [0.3, 0.4) is 0 Å². The Balaban J connectivity index is 1.51. The van der Waals surface area contributed by atoms with E-state index in [9.17, 15) is 18.0 Å². The second-order valence-electron chi connectivity index (χ2n) is 7.16. The maximum absolute atomic E-state index is 12.5. The van der Waals surface area contributed by atoms with Crippen LogP contribution in [0.15, 0.2) is 0 Å². The largest absolute Gasteiger partial charge is 0.465 e. The summed E-state index contributed by atoms with van der Waals surface area (Å²) in [6.45, 7) is 0.171. The first-order chi connectivity index (χ1) is 10.3. The van der Waals surface area contributed by atoms with Crippen LogP contribution in [0.4, 0.5) is 0 Å². The molecule has 6 nitrogen and oxygen atoms in total. The molecule has 0 heterocycles. The highest BCUT2D eigenvalue weighted by Crippen LogP contribution is 2.59. The zero-order chi connectivity index (χ0) is 16.0. The molecular formula is C15H22O6S. The van der Waals surface area contributed by atoms with E-state index in [0.29, 0.717) is 31.0 Å². The molecule has 0 aromatic heterocycles. The molecule has 0 saturated heterocycles. The normalized spacial score (nSPS) is 36.6. The van der Waals surface area contributed by atoms with Gasteiger partial charge in [-0.05, 0) is 50.9 Å². The molecule has 0 spiro atoms. The van der Waals surface area contributed by atoms with Crippen molar-refractivity contribution in [3.63, 3.8) is 0 Å². The lowest BCUT2D eigenvalue weighted by Gasteiger charge is -2.53. The molecule has 1 N–H and O–H groups in total. The molecule has 4 bridgehead atoms. The highest BCUT2D eigenvalue weighted by Gasteiger charge is 2.58. The van der Waals surface area contributed by atoms with Crippen LogP contribution >= 0.6 is 0 Å². The van der Waals surface area contributed by atoms with Crippen molar-refractivity contribution in [1.29, 1.82) is 0 Å². The van der Waals surface area contributed by atoms with Crippen LogP contribution < -0.4 is 0 Å². The minimum Gasteiger partial charge on any atom is -0.465 e. The number of carbonyl (C=O) groups is 2. The van der Waals surface area contributed by atoms with Gasteiger partial charge in [-0.2, -0.15) is 8.42 Å². The lowest BCUT2D eigenvalue weighted by atomic mass is 9.49. The summed E-state index contributed by atoms with van der Waals surface area (Å²) in [5.74, 6) is 0.369. The molecule has 0 amide bonds. The van der Waals surface area contributed by atoms with E-state index in [2.05, 4.69) is 0 Å². The average Bonchev–Trinajstić information content (AvgIpc) is 2.42. The fourth-order valence-electron chi connectivity index (χ4n) is 4.70. The minimum absolute atomic E-state index is 0.0401. The summed E-state index contributed by atoms with van der Waals surface area (Å²) in [4.78, 5) is 24.6. The number of ether oxygens (including phenoxy) is 1. The fraction of sp³-hybridized carbons (Fsp3) is 0.867. The molecule has 0 aromatic rings. The van der Waals surface area contributed by atoms with Gasteiger partial charge in [0.2, 0.25) is 0 Å². The predicted molar refractivity (Wildman–Crippen MR) is 77.6 cm³/mol.